The summed E-state index contributed by atoms with van der Waals surface area (Å²) in [6.45, 7) is 8.05. The fourth-order valence-electron chi connectivity index (χ4n) is 6.00. The number of amides is 1. The summed E-state index contributed by atoms with van der Waals surface area (Å²) < 4.78 is 5.83. The number of benzene rings is 2. The summed E-state index contributed by atoms with van der Waals surface area (Å²) in [5.41, 5.74) is 4.71. The van der Waals surface area contributed by atoms with Crippen molar-refractivity contribution >= 4 is 40.3 Å². The minimum Gasteiger partial charge on any atom is -0.494 e. The van der Waals surface area contributed by atoms with Crippen LogP contribution in [0.2, 0.25) is 0 Å². The highest BCUT2D eigenvalue weighted by Gasteiger charge is 2.32. The highest BCUT2D eigenvalue weighted by molar-refractivity contribution is 6.02. The van der Waals surface area contributed by atoms with Crippen LogP contribution in [0.4, 0.5) is 34.4 Å². The summed E-state index contributed by atoms with van der Waals surface area (Å²) in [6.07, 6.45) is 7.15. The standard InChI is InChI=1S/C33H42N8O3/c1-5-33(42)37-27-19-28(30(43-4)20-29(27)40-14-12-39(13-15-40)24-9-10-24)36-31-21-32(35-22-34-31)41-26(11-16-44-41)18-23-7-6-8-25(17-23)38(2)3/h5-8,17,19-22,24,26H,1,9-16,18H2,2-4H3,(H,37,42)(H,34,35,36). The number of anilines is 6. The highest BCUT2D eigenvalue weighted by Crippen LogP contribution is 2.40. The number of nitrogens with one attached hydrogen (secondary N) is 2. The number of hydroxylamine groups is 1. The second-order valence-corrected chi connectivity index (χ2v) is 11.8. The number of nitrogens with zero attached hydrogens (tertiary/aromatic N) is 6. The minimum atomic E-state index is -0.267. The number of methoxy groups -OCH3 is 1. The number of piperazine rings is 1. The number of hydrogen-bond donors (Lipinski definition) is 2. The molecule has 11 nitrogen and oxygen atoms in total. The summed E-state index contributed by atoms with van der Waals surface area (Å²) in [4.78, 5) is 34.5. The molecule has 232 valence electrons. The average molecular weight is 599 g/mol. The van der Waals surface area contributed by atoms with Gasteiger partial charge in [0.25, 0.3) is 0 Å². The summed E-state index contributed by atoms with van der Waals surface area (Å²) >= 11 is 0. The average Bonchev–Trinajstić information content (AvgIpc) is 3.79. The lowest BCUT2D eigenvalue weighted by Crippen LogP contribution is -2.47. The topological polar surface area (TPSA) is 98.3 Å². The first kappa shape index (κ1) is 29.7. The molecule has 0 radical (unpaired) electrons. The van der Waals surface area contributed by atoms with E-state index in [0.717, 1.165) is 50.7 Å². The molecule has 11 heteroatoms. The van der Waals surface area contributed by atoms with Gasteiger partial charge < -0.3 is 25.2 Å². The first-order valence-corrected chi connectivity index (χ1v) is 15.3. The summed E-state index contributed by atoms with van der Waals surface area (Å²) in [6, 6.07) is 15.2. The van der Waals surface area contributed by atoms with E-state index in [1.54, 1.807) is 7.11 Å². The third-order valence-electron chi connectivity index (χ3n) is 8.53. The van der Waals surface area contributed by atoms with E-state index < -0.39 is 0 Å². The first-order valence-electron chi connectivity index (χ1n) is 15.3. The van der Waals surface area contributed by atoms with Crippen molar-refractivity contribution in [3.8, 4) is 5.75 Å². The molecule has 3 heterocycles. The third-order valence-corrected chi connectivity index (χ3v) is 8.53. The molecule has 44 heavy (non-hydrogen) atoms. The number of carbonyl (C=O) groups is 1. The van der Waals surface area contributed by atoms with Gasteiger partial charge in [-0.2, -0.15) is 0 Å². The Morgan fingerprint density at radius 3 is 2.64 bits per heavy atom. The Morgan fingerprint density at radius 1 is 1.09 bits per heavy atom. The van der Waals surface area contributed by atoms with Crippen LogP contribution in [0.5, 0.6) is 5.75 Å². The van der Waals surface area contributed by atoms with Crippen LogP contribution in [-0.4, -0.2) is 86.8 Å². The molecule has 3 aliphatic rings. The van der Waals surface area contributed by atoms with Crippen LogP contribution in [0.1, 0.15) is 24.8 Å². The number of carbonyl (C=O) groups excluding carboxylic acids is 1. The molecule has 1 amide bonds. The van der Waals surface area contributed by atoms with E-state index in [4.69, 9.17) is 9.57 Å². The van der Waals surface area contributed by atoms with Crippen LogP contribution in [0.25, 0.3) is 0 Å². The van der Waals surface area contributed by atoms with Crippen LogP contribution in [0.15, 0.2) is 61.4 Å². The molecule has 2 aromatic carbocycles. The van der Waals surface area contributed by atoms with E-state index in [-0.39, 0.29) is 11.9 Å². The van der Waals surface area contributed by atoms with Crippen LogP contribution < -0.4 is 30.2 Å². The maximum atomic E-state index is 12.4. The minimum absolute atomic E-state index is 0.144. The van der Waals surface area contributed by atoms with Gasteiger partial charge in [-0.05, 0) is 55.5 Å². The number of ether oxygens (including phenoxy) is 1. The van der Waals surface area contributed by atoms with E-state index in [0.29, 0.717) is 35.4 Å². The van der Waals surface area contributed by atoms with Crippen molar-refractivity contribution in [1.82, 2.24) is 14.9 Å². The zero-order chi connectivity index (χ0) is 30.6. The molecule has 2 aliphatic heterocycles. The van der Waals surface area contributed by atoms with Crippen molar-refractivity contribution in [2.75, 3.05) is 79.5 Å². The predicted octanol–water partition coefficient (Wildman–Crippen LogP) is 4.46. The molecule has 0 bridgehead atoms. The Hall–Kier alpha value is -4.35. The Balaban J connectivity index is 1.22. The zero-order valence-electron chi connectivity index (χ0n) is 25.8. The van der Waals surface area contributed by atoms with E-state index >= 15 is 0 Å². The molecular weight excluding hydrogens is 556 g/mol. The molecule has 3 aromatic rings. The largest absolute Gasteiger partial charge is 0.494 e. The van der Waals surface area contributed by atoms with Crippen molar-refractivity contribution in [3.63, 3.8) is 0 Å². The normalized spacial score (nSPS) is 18.7. The third kappa shape index (κ3) is 6.74. The molecule has 1 atom stereocenters. The van der Waals surface area contributed by atoms with Gasteiger partial charge in [0.15, 0.2) is 5.82 Å². The molecule has 0 spiro atoms. The smallest absolute Gasteiger partial charge is 0.247 e. The fraction of sp³-hybridized carbons (Fsp3) is 0.424. The van der Waals surface area contributed by atoms with Crippen LogP contribution >= 0.6 is 0 Å². The van der Waals surface area contributed by atoms with E-state index in [1.807, 2.05) is 23.3 Å². The number of rotatable bonds is 11. The first-order chi connectivity index (χ1) is 21.4. The lowest BCUT2D eigenvalue weighted by Gasteiger charge is -2.37. The van der Waals surface area contributed by atoms with Gasteiger partial charge >= 0.3 is 0 Å². The highest BCUT2D eigenvalue weighted by atomic mass is 16.7. The lowest BCUT2D eigenvalue weighted by molar-refractivity contribution is -0.111. The summed E-state index contributed by atoms with van der Waals surface area (Å²) in [5, 5.41) is 8.30. The second-order valence-electron chi connectivity index (χ2n) is 11.8. The van der Waals surface area contributed by atoms with Gasteiger partial charge in [0, 0.05) is 64.1 Å². The van der Waals surface area contributed by atoms with Crippen LogP contribution in [0, 0.1) is 0 Å². The molecular formula is C33H42N8O3. The second kappa shape index (κ2) is 13.1. The van der Waals surface area contributed by atoms with Crippen LogP contribution in [-0.2, 0) is 16.1 Å². The lowest BCUT2D eigenvalue weighted by atomic mass is 10.0. The van der Waals surface area contributed by atoms with E-state index in [2.05, 4.69) is 80.2 Å². The van der Waals surface area contributed by atoms with E-state index in [1.165, 1.54) is 36.5 Å². The van der Waals surface area contributed by atoms with Gasteiger partial charge in [-0.3, -0.25) is 14.5 Å². The quantitative estimate of drug-likeness (QED) is 0.308. The maximum Gasteiger partial charge on any atom is 0.247 e. The molecule has 2 N–H and O–H groups in total. The molecule has 3 fully saturated rings. The van der Waals surface area contributed by atoms with Gasteiger partial charge in [0.1, 0.15) is 17.9 Å². The number of hydrogen-bond acceptors (Lipinski definition) is 10. The van der Waals surface area contributed by atoms with Crippen LogP contribution in [0.3, 0.4) is 0 Å². The Labute approximate surface area is 259 Å². The number of aromatic nitrogens is 2. The Bertz CT molecular complexity index is 1490. The van der Waals surface area contributed by atoms with Crippen molar-refractivity contribution in [2.45, 2.75) is 37.8 Å². The molecule has 2 saturated heterocycles. The molecule has 1 saturated carbocycles. The van der Waals surface area contributed by atoms with E-state index in [9.17, 15) is 4.79 Å². The molecule has 1 unspecified atom stereocenters. The van der Waals surface area contributed by atoms with Gasteiger partial charge in [-0.25, -0.2) is 15.0 Å². The van der Waals surface area contributed by atoms with Gasteiger partial charge in [0.05, 0.1) is 36.8 Å². The van der Waals surface area contributed by atoms with Gasteiger partial charge in [-0.15, -0.1) is 0 Å². The van der Waals surface area contributed by atoms with Gasteiger partial charge in [0.2, 0.25) is 5.91 Å². The molecule has 1 aromatic heterocycles. The SMILES string of the molecule is C=CC(=O)Nc1cc(Nc2cc(N3OCCC3Cc3cccc(N(C)C)c3)ncn2)c(OC)cc1N1CCN(C2CC2)CC1. The van der Waals surface area contributed by atoms with Crippen molar-refractivity contribution in [2.24, 2.45) is 0 Å². The zero-order valence-corrected chi connectivity index (χ0v) is 25.8. The van der Waals surface area contributed by atoms with Crippen molar-refractivity contribution < 1.29 is 14.4 Å². The fourth-order valence-corrected chi connectivity index (χ4v) is 6.00. The summed E-state index contributed by atoms with van der Waals surface area (Å²) in [7, 11) is 5.75. The predicted molar refractivity (Wildman–Crippen MR) is 175 cm³/mol. The monoisotopic (exact) mass is 598 g/mol. The summed E-state index contributed by atoms with van der Waals surface area (Å²) in [5.74, 6) is 1.65. The van der Waals surface area contributed by atoms with Crippen molar-refractivity contribution in [1.29, 1.82) is 0 Å². The van der Waals surface area contributed by atoms with Crippen molar-refractivity contribution in [3.05, 3.63) is 67.0 Å². The Kier molecular flexibility index (Phi) is 8.85. The maximum absolute atomic E-state index is 12.4. The Morgan fingerprint density at radius 2 is 1.91 bits per heavy atom. The van der Waals surface area contributed by atoms with Gasteiger partial charge in [-0.1, -0.05) is 18.7 Å². The molecule has 6 rings (SSSR count). The molecule has 1 aliphatic carbocycles.